The van der Waals surface area contributed by atoms with Crippen LogP contribution in [0.15, 0.2) is 28.0 Å². The molecule has 0 unspecified atom stereocenters. The van der Waals surface area contributed by atoms with Crippen molar-refractivity contribution in [2.75, 3.05) is 4.72 Å². The number of rotatable bonds is 4. The zero-order valence-electron chi connectivity index (χ0n) is 9.07. The Balaban J connectivity index is 2.38. The molecule has 2 aromatic heterocycles. The number of pyridine rings is 1. The van der Waals surface area contributed by atoms with Crippen molar-refractivity contribution in [2.45, 2.75) is 4.21 Å². The highest BCUT2D eigenvalue weighted by molar-refractivity contribution is 7.94. The summed E-state index contributed by atoms with van der Waals surface area (Å²) in [6.45, 7) is 0. The van der Waals surface area contributed by atoms with Gasteiger partial charge in [0.1, 0.15) is 5.82 Å². The van der Waals surface area contributed by atoms with E-state index in [1.807, 2.05) is 0 Å². The molecule has 0 aliphatic rings. The Hall–Kier alpha value is -1.71. The second kappa shape index (κ2) is 5.11. The molecule has 0 aromatic carbocycles. The fraction of sp³-hybridized carbons (Fsp3) is 0. The van der Waals surface area contributed by atoms with E-state index in [1.165, 1.54) is 18.3 Å². The Morgan fingerprint density at radius 1 is 1.42 bits per heavy atom. The van der Waals surface area contributed by atoms with Crippen LogP contribution < -0.4 is 4.72 Å². The molecule has 100 valence electrons. The van der Waals surface area contributed by atoms with Crippen LogP contribution in [0.25, 0.3) is 0 Å². The summed E-state index contributed by atoms with van der Waals surface area (Å²) in [5, 5.41) is 9.14. The first kappa shape index (κ1) is 13.7. The molecular formula is C9H6ClN3O4S2. The molecule has 0 aliphatic carbocycles. The van der Waals surface area contributed by atoms with E-state index in [1.54, 1.807) is 0 Å². The Morgan fingerprint density at radius 2 is 2.16 bits per heavy atom. The smallest absolute Gasteiger partial charge is 0.356 e. The highest BCUT2D eigenvalue weighted by atomic mass is 35.5. The van der Waals surface area contributed by atoms with Crippen LogP contribution in [-0.2, 0) is 10.0 Å². The molecular weight excluding hydrogens is 314 g/mol. The average Bonchev–Trinajstić information content (AvgIpc) is 2.77. The molecule has 0 radical (unpaired) electrons. The van der Waals surface area contributed by atoms with Crippen molar-refractivity contribution in [3.05, 3.63) is 34.6 Å². The molecule has 0 fully saturated rings. The maximum absolute atomic E-state index is 12.0. The van der Waals surface area contributed by atoms with Crippen LogP contribution in [0.2, 0.25) is 5.02 Å². The third kappa shape index (κ3) is 3.00. The standard InChI is InChI=1S/C9H6ClN3O4S2/c10-5-1-2-11-6(3-5)13-19(16,17)9-7(8(14)15)12-4-18-9/h1-4H,(H,11,13)(H,14,15). The van der Waals surface area contributed by atoms with E-state index in [4.69, 9.17) is 16.7 Å². The zero-order valence-corrected chi connectivity index (χ0v) is 11.5. The molecule has 0 aliphatic heterocycles. The first-order valence-electron chi connectivity index (χ1n) is 4.71. The summed E-state index contributed by atoms with van der Waals surface area (Å²) in [6.07, 6.45) is 1.32. The molecule has 10 heteroatoms. The molecule has 0 bridgehead atoms. The molecule has 0 amide bonds. The van der Waals surface area contributed by atoms with Gasteiger partial charge in [0.2, 0.25) is 0 Å². The number of carboxylic acid groups (broad SMARTS) is 1. The van der Waals surface area contributed by atoms with Crippen molar-refractivity contribution in [1.29, 1.82) is 0 Å². The van der Waals surface area contributed by atoms with Crippen LogP contribution in [0, 0.1) is 0 Å². The molecule has 19 heavy (non-hydrogen) atoms. The second-order valence-corrected chi connectivity index (χ2v) is 6.43. The fourth-order valence-corrected chi connectivity index (χ4v) is 3.51. The number of halogens is 1. The quantitative estimate of drug-likeness (QED) is 0.887. The van der Waals surface area contributed by atoms with E-state index in [9.17, 15) is 13.2 Å². The molecule has 0 saturated heterocycles. The van der Waals surface area contributed by atoms with Gasteiger partial charge >= 0.3 is 5.97 Å². The van der Waals surface area contributed by atoms with E-state index in [2.05, 4.69) is 14.7 Å². The summed E-state index contributed by atoms with van der Waals surface area (Å²) in [5.41, 5.74) is 0.614. The number of aromatic carboxylic acids is 1. The van der Waals surface area contributed by atoms with E-state index >= 15 is 0 Å². The summed E-state index contributed by atoms with van der Waals surface area (Å²) in [4.78, 5) is 18.1. The summed E-state index contributed by atoms with van der Waals surface area (Å²) in [6, 6.07) is 2.79. The van der Waals surface area contributed by atoms with Gasteiger partial charge in [0.05, 0.1) is 5.51 Å². The lowest BCUT2D eigenvalue weighted by Crippen LogP contribution is -2.16. The van der Waals surface area contributed by atoms with Gasteiger partial charge in [0, 0.05) is 17.3 Å². The van der Waals surface area contributed by atoms with Crippen molar-refractivity contribution in [2.24, 2.45) is 0 Å². The van der Waals surface area contributed by atoms with Gasteiger partial charge in [-0.25, -0.2) is 23.2 Å². The Kier molecular flexibility index (Phi) is 3.69. The lowest BCUT2D eigenvalue weighted by atomic mass is 10.5. The topological polar surface area (TPSA) is 109 Å². The van der Waals surface area contributed by atoms with E-state index in [0.29, 0.717) is 16.4 Å². The molecule has 2 aromatic rings. The Bertz CT molecular complexity index is 729. The summed E-state index contributed by atoms with van der Waals surface area (Å²) in [7, 11) is -4.06. The number of carbonyl (C=O) groups is 1. The van der Waals surface area contributed by atoms with Crippen LogP contribution in [0.5, 0.6) is 0 Å². The molecule has 7 nitrogen and oxygen atoms in total. The molecule has 2 rings (SSSR count). The highest BCUT2D eigenvalue weighted by Gasteiger charge is 2.26. The summed E-state index contributed by atoms with van der Waals surface area (Å²) < 4.78 is 25.8. The van der Waals surface area contributed by atoms with Crippen molar-refractivity contribution in [3.8, 4) is 0 Å². The minimum absolute atomic E-state index is 0.00256. The molecule has 0 saturated carbocycles. The van der Waals surface area contributed by atoms with Crippen LogP contribution in [0.4, 0.5) is 5.82 Å². The van der Waals surface area contributed by atoms with Gasteiger partial charge in [-0.2, -0.15) is 0 Å². The predicted molar refractivity (Wildman–Crippen MR) is 69.1 cm³/mol. The van der Waals surface area contributed by atoms with Crippen LogP contribution in [0.1, 0.15) is 10.5 Å². The first-order chi connectivity index (χ1) is 8.90. The van der Waals surface area contributed by atoms with Gasteiger partial charge in [-0.15, -0.1) is 11.3 Å². The van der Waals surface area contributed by atoms with E-state index in [-0.39, 0.29) is 10.0 Å². The molecule has 2 N–H and O–H groups in total. The lowest BCUT2D eigenvalue weighted by molar-refractivity contribution is 0.0687. The predicted octanol–water partition coefficient (Wildman–Crippen LogP) is 1.69. The minimum Gasteiger partial charge on any atom is -0.476 e. The van der Waals surface area contributed by atoms with E-state index < -0.39 is 21.7 Å². The molecule has 0 atom stereocenters. The average molecular weight is 320 g/mol. The van der Waals surface area contributed by atoms with Gasteiger partial charge in [-0.1, -0.05) is 11.6 Å². The fourth-order valence-electron chi connectivity index (χ4n) is 1.21. The van der Waals surface area contributed by atoms with Crippen LogP contribution in [0.3, 0.4) is 0 Å². The third-order valence-corrected chi connectivity index (χ3v) is 4.90. The molecule has 0 spiro atoms. The lowest BCUT2D eigenvalue weighted by Gasteiger charge is -2.05. The van der Waals surface area contributed by atoms with Gasteiger partial charge < -0.3 is 5.11 Å². The highest BCUT2D eigenvalue weighted by Crippen LogP contribution is 2.23. The van der Waals surface area contributed by atoms with Gasteiger partial charge in [-0.05, 0) is 6.07 Å². The maximum atomic E-state index is 12.0. The normalized spacial score (nSPS) is 11.2. The van der Waals surface area contributed by atoms with Crippen molar-refractivity contribution >= 4 is 44.7 Å². The second-order valence-electron chi connectivity index (χ2n) is 3.26. The number of anilines is 1. The number of nitrogens with zero attached hydrogens (tertiary/aromatic N) is 2. The van der Waals surface area contributed by atoms with Crippen molar-refractivity contribution in [1.82, 2.24) is 9.97 Å². The minimum atomic E-state index is -4.06. The summed E-state index contributed by atoms with van der Waals surface area (Å²) in [5.74, 6) is -1.42. The number of nitrogens with one attached hydrogen (secondary N) is 1. The monoisotopic (exact) mass is 319 g/mol. The Labute approximate surface area is 117 Å². The summed E-state index contributed by atoms with van der Waals surface area (Å²) >= 11 is 6.41. The zero-order chi connectivity index (χ0) is 14.0. The molecule has 2 heterocycles. The number of sulfonamides is 1. The number of aromatic nitrogens is 2. The number of thiazole rings is 1. The SMILES string of the molecule is O=C(O)c1ncsc1S(=O)(=O)Nc1cc(Cl)ccn1. The van der Waals surface area contributed by atoms with Crippen LogP contribution in [-0.4, -0.2) is 29.5 Å². The first-order valence-corrected chi connectivity index (χ1v) is 7.45. The van der Waals surface area contributed by atoms with Crippen LogP contribution >= 0.6 is 22.9 Å². The largest absolute Gasteiger partial charge is 0.476 e. The third-order valence-electron chi connectivity index (χ3n) is 1.94. The van der Waals surface area contributed by atoms with Gasteiger partial charge in [0.25, 0.3) is 10.0 Å². The van der Waals surface area contributed by atoms with E-state index in [0.717, 1.165) is 5.51 Å². The Morgan fingerprint density at radius 3 is 2.79 bits per heavy atom. The van der Waals surface area contributed by atoms with Gasteiger partial charge in [-0.3, -0.25) is 4.72 Å². The van der Waals surface area contributed by atoms with Crippen molar-refractivity contribution < 1.29 is 18.3 Å². The number of hydrogen-bond acceptors (Lipinski definition) is 6. The maximum Gasteiger partial charge on any atom is 0.356 e. The number of hydrogen-bond donors (Lipinski definition) is 2. The number of carboxylic acids is 1. The van der Waals surface area contributed by atoms with Crippen molar-refractivity contribution in [3.63, 3.8) is 0 Å². The van der Waals surface area contributed by atoms with Gasteiger partial charge in [0.15, 0.2) is 9.90 Å².